The third-order valence-electron chi connectivity index (χ3n) is 1.97. The molecule has 0 saturated carbocycles. The normalized spacial score (nSPS) is 10.2. The van der Waals surface area contributed by atoms with E-state index in [0.29, 0.717) is 23.2 Å². The number of hydrogen-bond acceptors (Lipinski definition) is 2. The monoisotopic (exact) mass is 167 g/mol. The summed E-state index contributed by atoms with van der Waals surface area (Å²) >= 11 is 0. The molecule has 0 saturated heterocycles. The summed E-state index contributed by atoms with van der Waals surface area (Å²) in [6.07, 6.45) is 2.29. The molecule has 66 valence electrons. The molecular formula is C9H13NO2. The van der Waals surface area contributed by atoms with Crippen LogP contribution >= 0.6 is 0 Å². The number of hydrogen-bond donors (Lipinski definition) is 2. The molecule has 0 aliphatic heterocycles. The maximum atomic E-state index is 11.4. The van der Waals surface area contributed by atoms with E-state index in [1.807, 2.05) is 6.92 Å². The molecule has 0 unspecified atom stereocenters. The lowest BCUT2D eigenvalue weighted by Crippen LogP contribution is -2.15. The van der Waals surface area contributed by atoms with Gasteiger partial charge in [-0.15, -0.1) is 0 Å². The van der Waals surface area contributed by atoms with E-state index in [0.717, 1.165) is 0 Å². The third-order valence-corrected chi connectivity index (χ3v) is 1.97. The van der Waals surface area contributed by atoms with Gasteiger partial charge < -0.3 is 10.1 Å². The molecule has 0 spiro atoms. The van der Waals surface area contributed by atoms with Gasteiger partial charge in [0.05, 0.1) is 6.61 Å². The first kappa shape index (κ1) is 9.00. The molecule has 0 aromatic carbocycles. The van der Waals surface area contributed by atoms with Crippen LogP contribution in [0.15, 0.2) is 11.0 Å². The first-order valence-electron chi connectivity index (χ1n) is 4.01. The lowest BCUT2D eigenvalue weighted by Gasteiger charge is -2.04. The fourth-order valence-electron chi connectivity index (χ4n) is 1.24. The van der Waals surface area contributed by atoms with E-state index in [-0.39, 0.29) is 12.0 Å². The van der Waals surface area contributed by atoms with E-state index in [1.54, 1.807) is 13.1 Å². The highest BCUT2D eigenvalue weighted by Crippen LogP contribution is 2.02. The Hall–Kier alpha value is -1.09. The predicted molar refractivity (Wildman–Crippen MR) is 47.1 cm³/mol. The first-order valence-corrected chi connectivity index (χ1v) is 4.01. The van der Waals surface area contributed by atoms with E-state index in [1.165, 1.54) is 0 Å². The smallest absolute Gasteiger partial charge is 0.187 e. The van der Waals surface area contributed by atoms with Crippen molar-refractivity contribution in [3.05, 3.63) is 33.2 Å². The number of aliphatic hydroxyl groups is 1. The molecule has 0 atom stereocenters. The summed E-state index contributed by atoms with van der Waals surface area (Å²) in [7, 11) is 0. The molecule has 3 heteroatoms. The van der Waals surface area contributed by atoms with Gasteiger partial charge in [-0.05, 0) is 13.3 Å². The third kappa shape index (κ3) is 1.41. The van der Waals surface area contributed by atoms with Crippen LogP contribution in [0.5, 0.6) is 0 Å². The number of rotatable bonds is 2. The van der Waals surface area contributed by atoms with Gasteiger partial charge in [-0.1, -0.05) is 6.92 Å². The van der Waals surface area contributed by atoms with Crippen molar-refractivity contribution in [2.45, 2.75) is 26.9 Å². The van der Waals surface area contributed by atoms with Gasteiger partial charge in [-0.2, -0.15) is 0 Å². The number of H-pyrrole nitrogens is 1. The molecule has 2 N–H and O–H groups in total. The topological polar surface area (TPSA) is 53.1 Å². The minimum absolute atomic E-state index is 0.0419. The summed E-state index contributed by atoms with van der Waals surface area (Å²) in [6, 6.07) is 0. The lowest BCUT2D eigenvalue weighted by atomic mass is 10.1. The van der Waals surface area contributed by atoms with Crippen molar-refractivity contribution in [1.82, 2.24) is 4.98 Å². The quantitative estimate of drug-likeness (QED) is 0.682. The fraction of sp³-hybridized carbons (Fsp3) is 0.444. The molecule has 1 aromatic heterocycles. The van der Waals surface area contributed by atoms with Gasteiger partial charge in [-0.3, -0.25) is 4.79 Å². The SMILES string of the molecule is CCc1c(CO)[nH]cc(C)c1=O. The standard InChI is InChI=1S/C9H13NO2/c1-3-7-8(5-11)10-4-6(2)9(7)12/h4,11H,3,5H2,1-2H3,(H,10,12). The zero-order valence-corrected chi connectivity index (χ0v) is 7.35. The number of nitrogens with one attached hydrogen (secondary N) is 1. The Kier molecular flexibility index (Phi) is 2.65. The van der Waals surface area contributed by atoms with Gasteiger partial charge in [0.25, 0.3) is 0 Å². The highest BCUT2D eigenvalue weighted by Gasteiger charge is 2.05. The van der Waals surface area contributed by atoms with Crippen LogP contribution in [-0.4, -0.2) is 10.1 Å². The molecule has 3 nitrogen and oxygen atoms in total. The molecule has 0 radical (unpaired) electrons. The Morgan fingerprint density at radius 3 is 2.75 bits per heavy atom. The lowest BCUT2D eigenvalue weighted by molar-refractivity contribution is 0.275. The van der Waals surface area contributed by atoms with Crippen LogP contribution in [0.1, 0.15) is 23.7 Å². The number of pyridine rings is 1. The van der Waals surface area contributed by atoms with Gasteiger partial charge in [0.2, 0.25) is 0 Å². The molecule has 0 aliphatic carbocycles. The predicted octanol–water partition coefficient (Wildman–Crippen LogP) is 0.738. The van der Waals surface area contributed by atoms with Gasteiger partial charge in [0.1, 0.15) is 0 Å². The number of aromatic nitrogens is 1. The molecule has 0 fully saturated rings. The van der Waals surface area contributed by atoms with E-state index >= 15 is 0 Å². The summed E-state index contributed by atoms with van der Waals surface area (Å²) in [5, 5.41) is 8.89. The zero-order chi connectivity index (χ0) is 9.14. The Morgan fingerprint density at radius 2 is 2.25 bits per heavy atom. The van der Waals surface area contributed by atoms with Crippen LogP contribution in [0.4, 0.5) is 0 Å². The van der Waals surface area contributed by atoms with Crippen molar-refractivity contribution >= 4 is 0 Å². The summed E-state index contributed by atoms with van der Waals surface area (Å²) in [4.78, 5) is 14.3. The summed E-state index contributed by atoms with van der Waals surface area (Å²) < 4.78 is 0. The van der Waals surface area contributed by atoms with Crippen LogP contribution in [0.3, 0.4) is 0 Å². The van der Waals surface area contributed by atoms with Crippen LogP contribution in [0, 0.1) is 6.92 Å². The number of aryl methyl sites for hydroxylation is 1. The second-order valence-electron chi connectivity index (χ2n) is 2.77. The molecule has 1 aromatic rings. The second-order valence-corrected chi connectivity index (χ2v) is 2.77. The Bertz CT molecular complexity index is 328. The summed E-state index contributed by atoms with van der Waals surface area (Å²) in [5.41, 5.74) is 2.06. The molecule has 1 heterocycles. The molecule has 0 aliphatic rings. The average molecular weight is 167 g/mol. The maximum Gasteiger partial charge on any atom is 0.187 e. The summed E-state index contributed by atoms with van der Waals surface area (Å²) in [6.45, 7) is 3.57. The van der Waals surface area contributed by atoms with Crippen molar-refractivity contribution in [3.63, 3.8) is 0 Å². The fourth-order valence-corrected chi connectivity index (χ4v) is 1.24. The highest BCUT2D eigenvalue weighted by molar-refractivity contribution is 5.24. The Morgan fingerprint density at radius 1 is 1.58 bits per heavy atom. The molecule has 12 heavy (non-hydrogen) atoms. The largest absolute Gasteiger partial charge is 0.390 e. The maximum absolute atomic E-state index is 11.4. The van der Waals surface area contributed by atoms with Crippen molar-refractivity contribution < 1.29 is 5.11 Å². The van der Waals surface area contributed by atoms with Gasteiger partial charge in [0.15, 0.2) is 5.43 Å². The van der Waals surface area contributed by atoms with Gasteiger partial charge in [0, 0.05) is 23.0 Å². The Labute approximate surface area is 71.1 Å². The second kappa shape index (κ2) is 3.54. The van der Waals surface area contributed by atoms with E-state index < -0.39 is 0 Å². The van der Waals surface area contributed by atoms with Crippen molar-refractivity contribution in [1.29, 1.82) is 0 Å². The van der Waals surface area contributed by atoms with Crippen molar-refractivity contribution in [2.24, 2.45) is 0 Å². The van der Waals surface area contributed by atoms with Crippen LogP contribution in [-0.2, 0) is 13.0 Å². The molecule has 0 bridgehead atoms. The van der Waals surface area contributed by atoms with E-state index in [4.69, 9.17) is 5.11 Å². The van der Waals surface area contributed by atoms with Crippen LogP contribution in [0.25, 0.3) is 0 Å². The van der Waals surface area contributed by atoms with Crippen molar-refractivity contribution in [3.8, 4) is 0 Å². The van der Waals surface area contributed by atoms with Crippen LogP contribution < -0.4 is 5.43 Å². The number of aliphatic hydroxyl groups excluding tert-OH is 1. The minimum atomic E-state index is -0.0985. The Balaban J connectivity index is 3.36. The van der Waals surface area contributed by atoms with Crippen LogP contribution in [0.2, 0.25) is 0 Å². The minimum Gasteiger partial charge on any atom is -0.390 e. The summed E-state index contributed by atoms with van der Waals surface area (Å²) in [5.74, 6) is 0. The van der Waals surface area contributed by atoms with E-state index in [2.05, 4.69) is 4.98 Å². The van der Waals surface area contributed by atoms with Crippen molar-refractivity contribution in [2.75, 3.05) is 0 Å². The van der Waals surface area contributed by atoms with Gasteiger partial charge in [-0.25, -0.2) is 0 Å². The average Bonchev–Trinajstić information content (AvgIpc) is 2.09. The highest BCUT2D eigenvalue weighted by atomic mass is 16.3. The first-order chi connectivity index (χ1) is 5.70. The molecular weight excluding hydrogens is 154 g/mol. The molecule has 0 amide bonds. The zero-order valence-electron chi connectivity index (χ0n) is 7.35. The number of aromatic amines is 1. The molecule has 1 rings (SSSR count). The van der Waals surface area contributed by atoms with Gasteiger partial charge >= 0.3 is 0 Å². The van der Waals surface area contributed by atoms with E-state index in [9.17, 15) is 4.79 Å².